The molecular weight excluding hydrogens is 254 g/mol. The van der Waals surface area contributed by atoms with Gasteiger partial charge in [-0.15, -0.1) is 0 Å². The van der Waals surface area contributed by atoms with Gasteiger partial charge >= 0.3 is 0 Å². The number of hydrogen-bond donors (Lipinski definition) is 0. The Labute approximate surface area is 112 Å². The van der Waals surface area contributed by atoms with E-state index in [4.69, 9.17) is 21.2 Å². The fourth-order valence-electron chi connectivity index (χ4n) is 1.38. The van der Waals surface area contributed by atoms with E-state index >= 15 is 0 Å². The Hall–Kier alpha value is -1.26. The van der Waals surface area contributed by atoms with Crippen LogP contribution in [-0.2, 0) is 9.63 Å². The Balaban J connectivity index is 2.29. The van der Waals surface area contributed by atoms with E-state index in [2.05, 4.69) is 0 Å². The predicted octanol–water partition coefficient (Wildman–Crippen LogP) is 2.83. The van der Waals surface area contributed by atoms with Crippen LogP contribution in [0.2, 0.25) is 5.02 Å². The van der Waals surface area contributed by atoms with Gasteiger partial charge in [-0.25, -0.2) is 5.06 Å². The number of carbonyl (C=O) groups is 1. The minimum atomic E-state index is -0.0617. The van der Waals surface area contributed by atoms with Gasteiger partial charge in [0, 0.05) is 18.5 Å². The van der Waals surface area contributed by atoms with Crippen LogP contribution >= 0.6 is 11.6 Å². The smallest absolute Gasteiger partial charge is 0.245 e. The molecule has 18 heavy (non-hydrogen) atoms. The van der Waals surface area contributed by atoms with E-state index in [0.717, 1.165) is 16.3 Å². The lowest BCUT2D eigenvalue weighted by molar-refractivity contribution is -0.168. The zero-order chi connectivity index (χ0) is 13.5. The second-order valence-corrected chi connectivity index (χ2v) is 4.34. The highest BCUT2D eigenvalue weighted by Crippen LogP contribution is 2.21. The Bertz CT molecular complexity index is 409. The molecule has 1 amide bonds. The molecule has 1 rings (SSSR count). The largest absolute Gasteiger partial charge is 0.494 e. The van der Waals surface area contributed by atoms with Gasteiger partial charge in [0.15, 0.2) is 0 Å². The fourth-order valence-corrected chi connectivity index (χ4v) is 1.50. The molecule has 0 aromatic heterocycles. The highest BCUT2D eigenvalue weighted by Gasteiger charge is 2.07. The van der Waals surface area contributed by atoms with Gasteiger partial charge in [0.2, 0.25) is 5.91 Å². The fraction of sp³-hybridized carbons (Fsp3) is 0.462. The highest BCUT2D eigenvalue weighted by molar-refractivity contribution is 6.31. The first-order valence-electron chi connectivity index (χ1n) is 5.74. The number of ether oxygens (including phenoxy) is 1. The number of amides is 1. The molecule has 0 fully saturated rings. The molecule has 0 spiro atoms. The van der Waals surface area contributed by atoms with Crippen LogP contribution in [0.5, 0.6) is 5.75 Å². The summed E-state index contributed by atoms with van der Waals surface area (Å²) in [4.78, 5) is 16.2. The van der Waals surface area contributed by atoms with E-state index in [-0.39, 0.29) is 5.91 Å². The molecule has 0 atom stereocenters. The maximum absolute atomic E-state index is 11.4. The minimum Gasteiger partial charge on any atom is -0.494 e. The summed E-state index contributed by atoms with van der Waals surface area (Å²) in [5.41, 5.74) is 0.976. The second kappa shape index (κ2) is 7.24. The van der Waals surface area contributed by atoms with Crippen molar-refractivity contribution in [3.63, 3.8) is 0 Å². The Morgan fingerprint density at radius 1 is 1.44 bits per heavy atom. The Morgan fingerprint density at radius 3 is 2.78 bits per heavy atom. The predicted molar refractivity (Wildman–Crippen MR) is 70.7 cm³/mol. The molecule has 0 aliphatic heterocycles. The van der Waals surface area contributed by atoms with Gasteiger partial charge in [0.05, 0.1) is 13.7 Å². The van der Waals surface area contributed by atoms with E-state index in [1.54, 1.807) is 13.1 Å². The van der Waals surface area contributed by atoms with Crippen LogP contribution in [-0.4, -0.2) is 31.7 Å². The number of aryl methyl sites for hydroxylation is 1. The SMILES string of the molecule is CON(C)C(=O)CCCOc1ccc(Cl)c(C)c1. The molecule has 1 aromatic rings. The quantitative estimate of drug-likeness (QED) is 0.590. The summed E-state index contributed by atoms with van der Waals surface area (Å²) in [5, 5.41) is 1.94. The molecule has 0 unspecified atom stereocenters. The maximum atomic E-state index is 11.4. The molecule has 5 heteroatoms. The normalized spacial score (nSPS) is 10.2. The number of carbonyl (C=O) groups excluding carboxylic acids is 1. The van der Waals surface area contributed by atoms with E-state index in [0.29, 0.717) is 19.4 Å². The van der Waals surface area contributed by atoms with Gasteiger partial charge in [-0.05, 0) is 37.1 Å². The molecule has 1 aromatic carbocycles. The molecule has 0 bridgehead atoms. The van der Waals surface area contributed by atoms with Crippen LogP contribution in [0.3, 0.4) is 0 Å². The van der Waals surface area contributed by atoms with Crippen molar-refractivity contribution in [3.05, 3.63) is 28.8 Å². The van der Waals surface area contributed by atoms with Gasteiger partial charge in [0.25, 0.3) is 0 Å². The Kier molecular flexibility index (Phi) is 5.95. The highest BCUT2D eigenvalue weighted by atomic mass is 35.5. The minimum absolute atomic E-state index is 0.0617. The first-order valence-corrected chi connectivity index (χ1v) is 6.12. The first-order chi connectivity index (χ1) is 8.54. The van der Waals surface area contributed by atoms with Gasteiger partial charge in [-0.1, -0.05) is 11.6 Å². The zero-order valence-corrected chi connectivity index (χ0v) is 11.7. The summed E-state index contributed by atoms with van der Waals surface area (Å²) in [5.74, 6) is 0.706. The second-order valence-electron chi connectivity index (χ2n) is 3.94. The third-order valence-corrected chi connectivity index (χ3v) is 2.98. The van der Waals surface area contributed by atoms with Crippen LogP contribution in [0, 0.1) is 6.92 Å². The van der Waals surface area contributed by atoms with Crippen molar-refractivity contribution in [2.24, 2.45) is 0 Å². The van der Waals surface area contributed by atoms with Crippen LogP contribution in [0.15, 0.2) is 18.2 Å². The Morgan fingerprint density at radius 2 is 2.17 bits per heavy atom. The van der Waals surface area contributed by atoms with Crippen LogP contribution in [0.25, 0.3) is 0 Å². The van der Waals surface area contributed by atoms with Gasteiger partial charge in [-0.2, -0.15) is 0 Å². The van der Waals surface area contributed by atoms with E-state index in [9.17, 15) is 4.79 Å². The average molecular weight is 272 g/mol. The first kappa shape index (κ1) is 14.8. The summed E-state index contributed by atoms with van der Waals surface area (Å²) >= 11 is 5.91. The monoisotopic (exact) mass is 271 g/mol. The van der Waals surface area contributed by atoms with Gasteiger partial charge in [-0.3, -0.25) is 9.63 Å². The van der Waals surface area contributed by atoms with Gasteiger partial charge < -0.3 is 4.74 Å². The maximum Gasteiger partial charge on any atom is 0.245 e. The van der Waals surface area contributed by atoms with Crippen LogP contribution < -0.4 is 4.74 Å². The average Bonchev–Trinajstić information content (AvgIpc) is 2.37. The van der Waals surface area contributed by atoms with Crippen molar-refractivity contribution in [1.82, 2.24) is 5.06 Å². The third-order valence-electron chi connectivity index (χ3n) is 2.56. The lowest BCUT2D eigenvalue weighted by Crippen LogP contribution is -2.25. The van der Waals surface area contributed by atoms with E-state index in [1.807, 2.05) is 19.1 Å². The molecule has 0 N–H and O–H groups in total. The number of hydrogen-bond acceptors (Lipinski definition) is 3. The van der Waals surface area contributed by atoms with Crippen molar-refractivity contribution in [2.45, 2.75) is 19.8 Å². The summed E-state index contributed by atoms with van der Waals surface area (Å²) in [6, 6.07) is 5.50. The third kappa shape index (κ3) is 4.55. The van der Waals surface area contributed by atoms with Crippen molar-refractivity contribution >= 4 is 17.5 Å². The number of hydroxylamine groups is 2. The number of rotatable bonds is 6. The number of benzene rings is 1. The molecule has 4 nitrogen and oxygen atoms in total. The molecular formula is C13H18ClNO3. The van der Waals surface area contributed by atoms with Gasteiger partial charge in [0.1, 0.15) is 5.75 Å². The van der Waals surface area contributed by atoms with E-state index in [1.165, 1.54) is 12.2 Å². The molecule has 0 radical (unpaired) electrons. The zero-order valence-electron chi connectivity index (χ0n) is 10.9. The lowest BCUT2D eigenvalue weighted by atomic mass is 10.2. The standard InChI is InChI=1S/C13H18ClNO3/c1-10-9-11(6-7-12(10)14)18-8-4-5-13(16)15(2)17-3/h6-7,9H,4-5,8H2,1-3H3. The molecule has 0 saturated heterocycles. The molecule has 0 heterocycles. The molecule has 0 aliphatic rings. The number of halogens is 1. The van der Waals surface area contributed by atoms with Crippen LogP contribution in [0.1, 0.15) is 18.4 Å². The summed E-state index contributed by atoms with van der Waals surface area (Å²) in [7, 11) is 3.05. The summed E-state index contributed by atoms with van der Waals surface area (Å²) in [6.07, 6.45) is 1.05. The molecule has 0 aliphatic carbocycles. The summed E-state index contributed by atoms with van der Waals surface area (Å²) < 4.78 is 5.54. The molecule has 100 valence electrons. The van der Waals surface area contributed by atoms with Crippen molar-refractivity contribution in [2.75, 3.05) is 20.8 Å². The number of nitrogens with zero attached hydrogens (tertiary/aromatic N) is 1. The summed E-state index contributed by atoms with van der Waals surface area (Å²) in [6.45, 7) is 2.41. The van der Waals surface area contributed by atoms with Crippen LogP contribution in [0.4, 0.5) is 0 Å². The van der Waals surface area contributed by atoms with Crippen molar-refractivity contribution < 1.29 is 14.4 Å². The topological polar surface area (TPSA) is 38.8 Å². The van der Waals surface area contributed by atoms with Crippen molar-refractivity contribution in [3.8, 4) is 5.75 Å². The van der Waals surface area contributed by atoms with Crippen molar-refractivity contribution in [1.29, 1.82) is 0 Å². The van der Waals surface area contributed by atoms with E-state index < -0.39 is 0 Å². The lowest BCUT2D eigenvalue weighted by Gasteiger charge is -2.13. The molecule has 0 saturated carbocycles.